The second-order valence-corrected chi connectivity index (χ2v) is 6.46. The molecule has 1 heterocycles. The topological polar surface area (TPSA) is 35.5 Å². The lowest BCUT2D eigenvalue weighted by Crippen LogP contribution is -2.56. The lowest BCUT2D eigenvalue weighted by Gasteiger charge is -2.36. The van der Waals surface area contributed by atoms with Crippen molar-refractivity contribution in [1.82, 2.24) is 10.2 Å². The molecule has 1 atom stereocenters. The van der Waals surface area contributed by atoms with E-state index in [-0.39, 0.29) is 12.1 Å². The van der Waals surface area contributed by atoms with E-state index in [4.69, 9.17) is 0 Å². The predicted octanol–water partition coefficient (Wildman–Crippen LogP) is 1.08. The number of aliphatic hydroxyl groups excluding tert-OH is 1. The van der Waals surface area contributed by atoms with Crippen LogP contribution in [0.3, 0.4) is 0 Å². The van der Waals surface area contributed by atoms with Gasteiger partial charge in [-0.2, -0.15) is 0 Å². The molecule has 1 unspecified atom stereocenters. The Labute approximate surface area is 99.2 Å². The molecule has 2 N–H and O–H groups in total. The van der Waals surface area contributed by atoms with Crippen LogP contribution in [0.1, 0.15) is 33.1 Å². The van der Waals surface area contributed by atoms with Crippen molar-refractivity contribution >= 4 is 0 Å². The smallest absolute Gasteiger partial charge is 0.0628 e. The van der Waals surface area contributed by atoms with E-state index in [1.54, 1.807) is 0 Å². The summed E-state index contributed by atoms with van der Waals surface area (Å²) in [7, 11) is 2.00. The molecule has 3 nitrogen and oxygen atoms in total. The van der Waals surface area contributed by atoms with E-state index >= 15 is 0 Å². The minimum Gasteiger partial charge on any atom is -0.394 e. The van der Waals surface area contributed by atoms with Crippen LogP contribution in [-0.2, 0) is 0 Å². The fourth-order valence-corrected chi connectivity index (χ4v) is 3.06. The second kappa shape index (κ2) is 4.28. The van der Waals surface area contributed by atoms with Gasteiger partial charge in [0.1, 0.15) is 0 Å². The highest BCUT2D eigenvalue weighted by molar-refractivity contribution is 5.03. The number of nitrogens with one attached hydrogen (secondary N) is 1. The van der Waals surface area contributed by atoms with Gasteiger partial charge in [-0.15, -0.1) is 0 Å². The van der Waals surface area contributed by atoms with Gasteiger partial charge in [0.25, 0.3) is 0 Å². The Morgan fingerprint density at radius 3 is 2.50 bits per heavy atom. The Balaban J connectivity index is 1.96. The molecule has 1 saturated carbocycles. The molecule has 0 amide bonds. The van der Waals surface area contributed by atoms with E-state index in [9.17, 15) is 5.11 Å². The number of hydrogen-bond donors (Lipinski definition) is 2. The minimum absolute atomic E-state index is 0.0412. The molecule has 1 aliphatic carbocycles. The molecule has 0 aromatic heterocycles. The highest BCUT2D eigenvalue weighted by Crippen LogP contribution is 2.41. The number of rotatable bonds is 5. The monoisotopic (exact) mass is 226 g/mol. The quantitative estimate of drug-likeness (QED) is 0.736. The van der Waals surface area contributed by atoms with Gasteiger partial charge in [-0.1, -0.05) is 13.8 Å². The van der Waals surface area contributed by atoms with E-state index in [2.05, 4.69) is 24.1 Å². The first-order chi connectivity index (χ1) is 7.51. The van der Waals surface area contributed by atoms with Gasteiger partial charge in [-0.3, -0.25) is 0 Å². The molecule has 1 saturated heterocycles. The van der Waals surface area contributed by atoms with Gasteiger partial charge in [-0.05, 0) is 44.2 Å². The highest BCUT2D eigenvalue weighted by atomic mass is 16.3. The average Bonchev–Trinajstić information content (AvgIpc) is 3.02. The van der Waals surface area contributed by atoms with Gasteiger partial charge in [-0.25, -0.2) is 0 Å². The maximum absolute atomic E-state index is 9.69. The van der Waals surface area contributed by atoms with E-state index in [0.717, 1.165) is 6.54 Å². The molecule has 0 aromatic rings. The molecule has 3 heteroatoms. The first-order valence-corrected chi connectivity index (χ1v) is 6.53. The second-order valence-electron chi connectivity index (χ2n) is 6.46. The molecule has 2 fully saturated rings. The van der Waals surface area contributed by atoms with Gasteiger partial charge in [0, 0.05) is 13.1 Å². The van der Waals surface area contributed by atoms with E-state index < -0.39 is 0 Å². The van der Waals surface area contributed by atoms with Crippen molar-refractivity contribution in [1.29, 1.82) is 0 Å². The van der Waals surface area contributed by atoms with Crippen LogP contribution in [0, 0.1) is 11.3 Å². The summed E-state index contributed by atoms with van der Waals surface area (Å²) in [6, 6.07) is 0. The average molecular weight is 226 g/mol. The van der Waals surface area contributed by atoms with E-state index in [0.29, 0.717) is 11.3 Å². The van der Waals surface area contributed by atoms with Gasteiger partial charge >= 0.3 is 0 Å². The largest absolute Gasteiger partial charge is 0.394 e. The lowest BCUT2D eigenvalue weighted by molar-refractivity contribution is 0.103. The molecule has 0 aromatic carbocycles. The maximum Gasteiger partial charge on any atom is 0.0628 e. The zero-order chi connectivity index (χ0) is 11.8. The Morgan fingerprint density at radius 1 is 1.44 bits per heavy atom. The van der Waals surface area contributed by atoms with Crippen molar-refractivity contribution < 1.29 is 5.11 Å². The zero-order valence-electron chi connectivity index (χ0n) is 10.9. The minimum atomic E-state index is -0.0412. The van der Waals surface area contributed by atoms with Crippen LogP contribution in [0.15, 0.2) is 0 Å². The molecule has 2 aliphatic rings. The van der Waals surface area contributed by atoms with Crippen molar-refractivity contribution in [3.8, 4) is 0 Å². The maximum atomic E-state index is 9.69. The molecule has 0 spiro atoms. The van der Waals surface area contributed by atoms with Crippen molar-refractivity contribution in [3.63, 3.8) is 0 Å². The SMILES string of the molecule is CNC(CO)(CN1CCC(C)(C)C1)C1CC1. The number of nitrogens with zero attached hydrogens (tertiary/aromatic N) is 1. The third-order valence-corrected chi connectivity index (χ3v) is 4.40. The molecule has 94 valence electrons. The Kier molecular flexibility index (Phi) is 3.30. The third-order valence-electron chi connectivity index (χ3n) is 4.40. The summed E-state index contributed by atoms with van der Waals surface area (Å²) in [5.74, 6) is 0.686. The summed E-state index contributed by atoms with van der Waals surface area (Å²) < 4.78 is 0. The van der Waals surface area contributed by atoms with Crippen molar-refractivity contribution in [2.75, 3.05) is 33.3 Å². The van der Waals surface area contributed by atoms with Crippen LogP contribution in [-0.4, -0.2) is 48.8 Å². The zero-order valence-corrected chi connectivity index (χ0v) is 10.9. The number of likely N-dealkylation sites (N-methyl/N-ethyl adjacent to an activating group) is 1. The number of hydrogen-bond acceptors (Lipinski definition) is 3. The normalized spacial score (nSPS) is 29.2. The number of aliphatic hydroxyl groups is 1. The first-order valence-electron chi connectivity index (χ1n) is 6.53. The summed E-state index contributed by atoms with van der Waals surface area (Å²) >= 11 is 0. The standard InChI is InChI=1S/C13H26N2O/c1-12(2)6-7-15(8-12)9-13(10-16,14-3)11-4-5-11/h11,14,16H,4-10H2,1-3H3. The summed E-state index contributed by atoms with van der Waals surface area (Å²) in [6.07, 6.45) is 3.83. The predicted molar refractivity (Wildman–Crippen MR) is 66.4 cm³/mol. The molecule has 0 bridgehead atoms. The van der Waals surface area contributed by atoms with Crippen LogP contribution in [0.25, 0.3) is 0 Å². The Bertz CT molecular complexity index is 244. The number of likely N-dealkylation sites (tertiary alicyclic amines) is 1. The van der Waals surface area contributed by atoms with Gasteiger partial charge < -0.3 is 15.3 Å². The summed E-state index contributed by atoms with van der Waals surface area (Å²) in [5.41, 5.74) is 0.416. The van der Waals surface area contributed by atoms with Crippen molar-refractivity contribution in [2.45, 2.75) is 38.6 Å². The van der Waals surface area contributed by atoms with E-state index in [1.807, 2.05) is 7.05 Å². The Hall–Kier alpha value is -0.120. The fraction of sp³-hybridized carbons (Fsp3) is 1.00. The van der Waals surface area contributed by atoms with Crippen LogP contribution in [0.2, 0.25) is 0 Å². The van der Waals surface area contributed by atoms with Gasteiger partial charge in [0.05, 0.1) is 12.1 Å². The van der Waals surface area contributed by atoms with E-state index in [1.165, 1.54) is 32.4 Å². The third kappa shape index (κ3) is 2.41. The first kappa shape index (κ1) is 12.3. The summed E-state index contributed by atoms with van der Waals surface area (Å²) in [6.45, 7) is 8.31. The van der Waals surface area contributed by atoms with Crippen LogP contribution in [0.4, 0.5) is 0 Å². The van der Waals surface area contributed by atoms with Gasteiger partial charge in [0.2, 0.25) is 0 Å². The Morgan fingerprint density at radius 2 is 2.12 bits per heavy atom. The summed E-state index contributed by atoms with van der Waals surface area (Å²) in [4.78, 5) is 2.52. The molecular formula is C13H26N2O. The highest BCUT2D eigenvalue weighted by Gasteiger charge is 2.46. The lowest BCUT2D eigenvalue weighted by atomic mass is 9.92. The molecule has 16 heavy (non-hydrogen) atoms. The molecule has 1 aliphatic heterocycles. The van der Waals surface area contributed by atoms with Crippen LogP contribution < -0.4 is 5.32 Å². The molecule has 2 rings (SSSR count). The van der Waals surface area contributed by atoms with Crippen LogP contribution in [0.5, 0.6) is 0 Å². The van der Waals surface area contributed by atoms with Crippen molar-refractivity contribution in [3.05, 3.63) is 0 Å². The summed E-state index contributed by atoms with van der Waals surface area (Å²) in [5, 5.41) is 13.1. The van der Waals surface area contributed by atoms with Crippen molar-refractivity contribution in [2.24, 2.45) is 11.3 Å². The molecule has 0 radical (unpaired) electrons. The van der Waals surface area contributed by atoms with Crippen LogP contribution >= 0.6 is 0 Å². The van der Waals surface area contributed by atoms with Gasteiger partial charge in [0.15, 0.2) is 0 Å². The molecular weight excluding hydrogens is 200 g/mol. The fourth-order valence-electron chi connectivity index (χ4n) is 3.06.